The molecule has 6 heteroatoms. The Labute approximate surface area is 157 Å². The zero-order valence-electron chi connectivity index (χ0n) is 15.3. The summed E-state index contributed by atoms with van der Waals surface area (Å²) in [5.74, 6) is 1.45. The second kappa shape index (κ2) is 7.37. The highest BCUT2D eigenvalue weighted by atomic mass is 15.4. The predicted octanol–water partition coefficient (Wildman–Crippen LogP) is 3.95. The van der Waals surface area contributed by atoms with Crippen LogP contribution in [-0.4, -0.2) is 25.0 Å². The number of nitrogens with one attached hydrogen (secondary N) is 1. The molecule has 134 valence electrons. The summed E-state index contributed by atoms with van der Waals surface area (Å²) in [6.07, 6.45) is 3.65. The van der Waals surface area contributed by atoms with Crippen LogP contribution in [0.3, 0.4) is 0 Å². The van der Waals surface area contributed by atoms with E-state index >= 15 is 0 Å². The average Bonchev–Trinajstić information content (AvgIpc) is 3.06. The summed E-state index contributed by atoms with van der Waals surface area (Å²) in [5.41, 5.74) is 5.44. The van der Waals surface area contributed by atoms with E-state index in [9.17, 15) is 0 Å². The molecule has 0 atom stereocenters. The minimum atomic E-state index is 0.682. The lowest BCUT2D eigenvalue weighted by molar-refractivity contribution is 0.781. The van der Waals surface area contributed by atoms with Crippen molar-refractivity contribution in [1.82, 2.24) is 25.0 Å². The fourth-order valence-electron chi connectivity index (χ4n) is 2.93. The third-order valence-electron chi connectivity index (χ3n) is 4.30. The molecule has 0 saturated heterocycles. The molecule has 0 aliphatic rings. The van der Waals surface area contributed by atoms with Crippen LogP contribution < -0.4 is 5.32 Å². The summed E-state index contributed by atoms with van der Waals surface area (Å²) in [6, 6.07) is 18.3. The Morgan fingerprint density at radius 2 is 1.78 bits per heavy atom. The minimum Gasteiger partial charge on any atom is -0.365 e. The molecule has 27 heavy (non-hydrogen) atoms. The van der Waals surface area contributed by atoms with Crippen LogP contribution in [0.4, 0.5) is 5.82 Å². The van der Waals surface area contributed by atoms with E-state index in [1.165, 1.54) is 5.56 Å². The van der Waals surface area contributed by atoms with E-state index in [-0.39, 0.29) is 0 Å². The third-order valence-corrected chi connectivity index (χ3v) is 4.30. The first-order valence-corrected chi connectivity index (χ1v) is 8.79. The second-order valence-corrected chi connectivity index (χ2v) is 6.41. The van der Waals surface area contributed by atoms with E-state index in [0.29, 0.717) is 12.4 Å². The van der Waals surface area contributed by atoms with Crippen molar-refractivity contribution in [2.24, 2.45) is 0 Å². The van der Waals surface area contributed by atoms with Gasteiger partial charge in [-0.25, -0.2) is 4.68 Å². The highest BCUT2D eigenvalue weighted by Gasteiger charge is 2.06. The monoisotopic (exact) mass is 356 g/mol. The molecular formula is C21H20N6. The number of rotatable bonds is 5. The van der Waals surface area contributed by atoms with Gasteiger partial charge in [-0.1, -0.05) is 30.3 Å². The molecule has 0 amide bonds. The van der Waals surface area contributed by atoms with Gasteiger partial charge in [0.05, 0.1) is 5.69 Å². The molecule has 0 fully saturated rings. The Kier molecular flexibility index (Phi) is 4.61. The number of hydrogen-bond acceptors (Lipinski definition) is 5. The van der Waals surface area contributed by atoms with E-state index in [0.717, 1.165) is 28.3 Å². The first kappa shape index (κ1) is 16.9. The number of benzene rings is 1. The van der Waals surface area contributed by atoms with E-state index in [2.05, 4.69) is 55.9 Å². The van der Waals surface area contributed by atoms with Gasteiger partial charge in [-0.2, -0.15) is 5.10 Å². The van der Waals surface area contributed by atoms with Crippen molar-refractivity contribution in [3.05, 3.63) is 83.9 Å². The van der Waals surface area contributed by atoms with Crippen LogP contribution in [-0.2, 0) is 6.54 Å². The Hall–Kier alpha value is -3.54. The first-order chi connectivity index (χ1) is 13.2. The highest BCUT2D eigenvalue weighted by molar-refractivity contribution is 5.62. The van der Waals surface area contributed by atoms with Crippen LogP contribution in [0, 0.1) is 13.8 Å². The SMILES string of the molecule is Cc1cc(C)n(-c2ccc(NCc3ccc(-c4cccnc4)cc3)nn2)n1. The minimum absolute atomic E-state index is 0.682. The smallest absolute Gasteiger partial charge is 0.176 e. The number of aromatic nitrogens is 5. The Bertz CT molecular complexity index is 1020. The molecule has 1 aromatic carbocycles. The highest BCUT2D eigenvalue weighted by Crippen LogP contribution is 2.19. The number of pyridine rings is 1. The van der Waals surface area contributed by atoms with Crippen LogP contribution >= 0.6 is 0 Å². The molecule has 1 N–H and O–H groups in total. The molecule has 0 aliphatic carbocycles. The fraction of sp³-hybridized carbons (Fsp3) is 0.143. The summed E-state index contributed by atoms with van der Waals surface area (Å²) < 4.78 is 1.79. The molecule has 0 spiro atoms. The summed E-state index contributed by atoms with van der Waals surface area (Å²) in [6.45, 7) is 4.65. The molecule has 0 aliphatic heterocycles. The molecule has 3 aromatic heterocycles. The van der Waals surface area contributed by atoms with Gasteiger partial charge < -0.3 is 5.32 Å². The summed E-state index contributed by atoms with van der Waals surface area (Å²) in [5, 5.41) is 16.3. The van der Waals surface area contributed by atoms with Gasteiger partial charge in [0.25, 0.3) is 0 Å². The molecule has 0 unspecified atom stereocenters. The van der Waals surface area contributed by atoms with Gasteiger partial charge >= 0.3 is 0 Å². The van der Waals surface area contributed by atoms with Crippen LogP contribution in [0.25, 0.3) is 16.9 Å². The maximum absolute atomic E-state index is 4.43. The Balaban J connectivity index is 1.41. The molecule has 0 bridgehead atoms. The van der Waals surface area contributed by atoms with Gasteiger partial charge in [-0.05, 0) is 54.8 Å². The number of hydrogen-bond donors (Lipinski definition) is 1. The van der Waals surface area contributed by atoms with Gasteiger partial charge in [0, 0.05) is 24.6 Å². The van der Waals surface area contributed by atoms with Gasteiger partial charge in [0.1, 0.15) is 5.82 Å². The molecule has 4 rings (SSSR count). The van der Waals surface area contributed by atoms with Gasteiger partial charge in [-0.15, -0.1) is 10.2 Å². The zero-order chi connectivity index (χ0) is 18.6. The van der Waals surface area contributed by atoms with Crippen LogP contribution in [0.1, 0.15) is 17.0 Å². The lowest BCUT2D eigenvalue weighted by Gasteiger charge is -2.08. The standard InChI is InChI=1S/C21H20N6/c1-15-12-16(2)27(26-15)21-10-9-20(24-25-21)23-13-17-5-7-18(8-6-17)19-4-3-11-22-14-19/h3-12,14H,13H2,1-2H3,(H,23,24). The van der Waals surface area contributed by atoms with E-state index < -0.39 is 0 Å². The van der Waals surface area contributed by atoms with Crippen LogP contribution in [0.2, 0.25) is 0 Å². The van der Waals surface area contributed by atoms with Crippen molar-refractivity contribution in [2.75, 3.05) is 5.32 Å². The molecule has 0 saturated carbocycles. The fourth-order valence-corrected chi connectivity index (χ4v) is 2.93. The van der Waals surface area contributed by atoms with E-state index in [4.69, 9.17) is 0 Å². The third kappa shape index (κ3) is 3.84. The topological polar surface area (TPSA) is 68.5 Å². The van der Waals surface area contributed by atoms with Crippen molar-refractivity contribution >= 4 is 5.82 Å². The van der Waals surface area contributed by atoms with Crippen molar-refractivity contribution in [1.29, 1.82) is 0 Å². The lowest BCUT2D eigenvalue weighted by Crippen LogP contribution is -2.06. The normalized spacial score (nSPS) is 10.7. The van der Waals surface area contributed by atoms with Gasteiger partial charge in [0.15, 0.2) is 5.82 Å². The largest absolute Gasteiger partial charge is 0.365 e. The van der Waals surface area contributed by atoms with Crippen molar-refractivity contribution < 1.29 is 0 Å². The quantitative estimate of drug-likeness (QED) is 0.586. The van der Waals surface area contributed by atoms with Gasteiger partial charge in [0.2, 0.25) is 0 Å². The molecule has 4 aromatic rings. The van der Waals surface area contributed by atoms with Crippen molar-refractivity contribution in [3.8, 4) is 16.9 Å². The van der Waals surface area contributed by atoms with Crippen LogP contribution in [0.15, 0.2) is 67.0 Å². The molecule has 3 heterocycles. The first-order valence-electron chi connectivity index (χ1n) is 8.79. The maximum Gasteiger partial charge on any atom is 0.176 e. The average molecular weight is 356 g/mol. The lowest BCUT2D eigenvalue weighted by atomic mass is 10.1. The predicted molar refractivity (Wildman–Crippen MR) is 106 cm³/mol. The summed E-state index contributed by atoms with van der Waals surface area (Å²) >= 11 is 0. The van der Waals surface area contributed by atoms with E-state index in [1.807, 2.05) is 44.3 Å². The zero-order valence-corrected chi connectivity index (χ0v) is 15.3. The van der Waals surface area contributed by atoms with Crippen molar-refractivity contribution in [2.45, 2.75) is 20.4 Å². The van der Waals surface area contributed by atoms with E-state index in [1.54, 1.807) is 10.9 Å². The summed E-state index contributed by atoms with van der Waals surface area (Å²) in [4.78, 5) is 4.16. The van der Waals surface area contributed by atoms with Gasteiger partial charge in [-0.3, -0.25) is 4.98 Å². The van der Waals surface area contributed by atoms with Crippen LogP contribution in [0.5, 0.6) is 0 Å². The molecule has 0 radical (unpaired) electrons. The number of nitrogens with zero attached hydrogens (tertiary/aromatic N) is 5. The maximum atomic E-state index is 4.43. The molecule has 6 nitrogen and oxygen atoms in total. The Morgan fingerprint density at radius 3 is 2.41 bits per heavy atom. The second-order valence-electron chi connectivity index (χ2n) is 6.41. The number of aryl methyl sites for hydroxylation is 2. The Morgan fingerprint density at radius 1 is 0.926 bits per heavy atom. The summed E-state index contributed by atoms with van der Waals surface area (Å²) in [7, 11) is 0. The van der Waals surface area contributed by atoms with Crippen molar-refractivity contribution in [3.63, 3.8) is 0 Å². The number of anilines is 1. The molecular weight excluding hydrogens is 336 g/mol.